The Hall–Kier alpha value is -1.55. The van der Waals surface area contributed by atoms with Crippen LogP contribution in [0.2, 0.25) is 0 Å². The number of hydrogen-bond donors (Lipinski definition) is 1. The van der Waals surface area contributed by atoms with Crippen molar-refractivity contribution in [2.75, 3.05) is 27.2 Å². The molecule has 0 radical (unpaired) electrons. The second-order valence-electron chi connectivity index (χ2n) is 4.23. The fraction of sp³-hybridized carbons (Fsp3) is 0.462. The molecule has 1 N–H and O–H groups in total. The molecule has 92 valence electrons. The lowest BCUT2D eigenvalue weighted by molar-refractivity contribution is 0.358. The van der Waals surface area contributed by atoms with Crippen LogP contribution < -0.4 is 4.74 Å². The third-order valence-electron chi connectivity index (χ3n) is 3.14. The Morgan fingerprint density at radius 1 is 1.47 bits per heavy atom. The molecule has 0 bridgehead atoms. The van der Waals surface area contributed by atoms with Gasteiger partial charge in [-0.1, -0.05) is 6.92 Å². The molecular weight excluding hydrogens is 214 g/mol. The number of fused-ring (bicyclic) bond motifs is 1. The molecule has 0 aliphatic heterocycles. The van der Waals surface area contributed by atoms with E-state index in [1.54, 1.807) is 7.11 Å². The second-order valence-corrected chi connectivity index (χ2v) is 4.23. The third-order valence-corrected chi connectivity index (χ3v) is 3.14. The van der Waals surface area contributed by atoms with Crippen LogP contribution in [0.5, 0.6) is 5.88 Å². The highest BCUT2D eigenvalue weighted by Gasteiger charge is 2.06. The Balaban J connectivity index is 2.22. The summed E-state index contributed by atoms with van der Waals surface area (Å²) in [6.07, 6.45) is 4.92. The summed E-state index contributed by atoms with van der Waals surface area (Å²) in [7, 11) is 3.78. The minimum Gasteiger partial charge on any atom is -0.481 e. The number of nitrogens with zero attached hydrogens (tertiary/aromatic N) is 2. The zero-order chi connectivity index (χ0) is 12.3. The van der Waals surface area contributed by atoms with Gasteiger partial charge in [0, 0.05) is 24.2 Å². The first kappa shape index (κ1) is 11.9. The van der Waals surface area contributed by atoms with Crippen molar-refractivity contribution in [1.82, 2.24) is 14.9 Å². The molecule has 4 heteroatoms. The lowest BCUT2D eigenvalue weighted by Gasteiger charge is -2.12. The van der Waals surface area contributed by atoms with Crippen molar-refractivity contribution in [2.45, 2.75) is 13.3 Å². The SMILES string of the molecule is CCN(C)CCc1c[nH]c2cnc(OC)cc12. The number of ether oxygens (including phenoxy) is 1. The van der Waals surface area contributed by atoms with Gasteiger partial charge in [-0.25, -0.2) is 4.98 Å². The highest BCUT2D eigenvalue weighted by atomic mass is 16.5. The van der Waals surface area contributed by atoms with Gasteiger partial charge in [0.15, 0.2) is 0 Å². The minimum absolute atomic E-state index is 0.669. The number of likely N-dealkylation sites (N-methyl/N-ethyl adjacent to an activating group) is 1. The second kappa shape index (κ2) is 5.19. The quantitative estimate of drug-likeness (QED) is 0.859. The van der Waals surface area contributed by atoms with E-state index in [0.717, 1.165) is 25.0 Å². The van der Waals surface area contributed by atoms with Crippen LogP contribution in [0.15, 0.2) is 18.5 Å². The zero-order valence-corrected chi connectivity index (χ0v) is 10.7. The molecular formula is C13H19N3O. The monoisotopic (exact) mass is 233 g/mol. The van der Waals surface area contributed by atoms with Gasteiger partial charge in [-0.05, 0) is 25.6 Å². The molecule has 0 atom stereocenters. The van der Waals surface area contributed by atoms with Crippen LogP contribution in [0.3, 0.4) is 0 Å². The lowest BCUT2D eigenvalue weighted by Crippen LogP contribution is -2.20. The third kappa shape index (κ3) is 2.58. The van der Waals surface area contributed by atoms with E-state index >= 15 is 0 Å². The standard InChI is InChI=1S/C13H19N3O/c1-4-16(2)6-5-10-8-14-12-9-15-13(17-3)7-11(10)12/h7-9,14H,4-6H2,1-3H3. The van der Waals surface area contributed by atoms with E-state index in [1.165, 1.54) is 10.9 Å². The van der Waals surface area contributed by atoms with Gasteiger partial charge < -0.3 is 14.6 Å². The fourth-order valence-corrected chi connectivity index (χ4v) is 1.85. The van der Waals surface area contributed by atoms with Crippen molar-refractivity contribution in [3.05, 3.63) is 24.0 Å². The van der Waals surface area contributed by atoms with E-state index in [-0.39, 0.29) is 0 Å². The molecule has 2 rings (SSSR count). The summed E-state index contributed by atoms with van der Waals surface area (Å²) in [4.78, 5) is 9.73. The Labute approximate surface area is 102 Å². The van der Waals surface area contributed by atoms with E-state index in [1.807, 2.05) is 12.3 Å². The molecule has 0 amide bonds. The van der Waals surface area contributed by atoms with Crippen LogP contribution in [-0.2, 0) is 6.42 Å². The van der Waals surface area contributed by atoms with Crippen molar-refractivity contribution in [3.63, 3.8) is 0 Å². The summed E-state index contributed by atoms with van der Waals surface area (Å²) in [6.45, 7) is 4.31. The predicted molar refractivity (Wildman–Crippen MR) is 69.5 cm³/mol. The fourth-order valence-electron chi connectivity index (χ4n) is 1.85. The molecule has 17 heavy (non-hydrogen) atoms. The summed E-state index contributed by atoms with van der Waals surface area (Å²) in [5.74, 6) is 0.669. The van der Waals surface area contributed by atoms with Crippen molar-refractivity contribution in [2.24, 2.45) is 0 Å². The summed E-state index contributed by atoms with van der Waals surface area (Å²) < 4.78 is 5.16. The van der Waals surface area contributed by atoms with Gasteiger partial charge in [0.1, 0.15) is 0 Å². The van der Waals surface area contributed by atoms with Crippen molar-refractivity contribution < 1.29 is 4.74 Å². The molecule has 0 aliphatic rings. The number of pyridine rings is 1. The smallest absolute Gasteiger partial charge is 0.213 e. The summed E-state index contributed by atoms with van der Waals surface area (Å²) >= 11 is 0. The topological polar surface area (TPSA) is 41.2 Å². The van der Waals surface area contributed by atoms with Crippen molar-refractivity contribution >= 4 is 10.9 Å². The summed E-state index contributed by atoms with van der Waals surface area (Å²) in [5.41, 5.74) is 2.39. The van der Waals surface area contributed by atoms with Crippen LogP contribution in [-0.4, -0.2) is 42.1 Å². The summed E-state index contributed by atoms with van der Waals surface area (Å²) in [6, 6.07) is 1.99. The molecule has 4 nitrogen and oxygen atoms in total. The Morgan fingerprint density at radius 3 is 3.00 bits per heavy atom. The molecule has 0 saturated carbocycles. The number of hydrogen-bond acceptors (Lipinski definition) is 3. The number of nitrogens with one attached hydrogen (secondary N) is 1. The molecule has 0 aromatic carbocycles. The molecule has 2 aromatic rings. The van der Waals surface area contributed by atoms with Gasteiger partial charge in [0.2, 0.25) is 5.88 Å². The average Bonchev–Trinajstić information content (AvgIpc) is 2.78. The number of rotatable bonds is 5. The van der Waals surface area contributed by atoms with Gasteiger partial charge >= 0.3 is 0 Å². The van der Waals surface area contributed by atoms with Gasteiger partial charge in [-0.2, -0.15) is 0 Å². The van der Waals surface area contributed by atoms with Gasteiger partial charge in [0.25, 0.3) is 0 Å². The minimum atomic E-state index is 0.669. The first-order valence-corrected chi connectivity index (χ1v) is 5.93. The highest BCUT2D eigenvalue weighted by molar-refractivity contribution is 5.83. The molecule has 2 aromatic heterocycles. The maximum absolute atomic E-state index is 5.16. The molecule has 0 fully saturated rings. The highest BCUT2D eigenvalue weighted by Crippen LogP contribution is 2.21. The number of aromatic nitrogens is 2. The lowest BCUT2D eigenvalue weighted by atomic mass is 10.1. The van der Waals surface area contributed by atoms with Crippen LogP contribution in [0.4, 0.5) is 0 Å². The maximum Gasteiger partial charge on any atom is 0.213 e. The van der Waals surface area contributed by atoms with E-state index in [0.29, 0.717) is 5.88 Å². The van der Waals surface area contributed by atoms with E-state index in [2.05, 4.69) is 35.0 Å². The number of methoxy groups -OCH3 is 1. The largest absolute Gasteiger partial charge is 0.481 e. The van der Waals surface area contributed by atoms with Gasteiger partial charge in [-0.3, -0.25) is 0 Å². The maximum atomic E-state index is 5.16. The van der Waals surface area contributed by atoms with Crippen LogP contribution >= 0.6 is 0 Å². The van der Waals surface area contributed by atoms with Crippen LogP contribution in [0.1, 0.15) is 12.5 Å². The average molecular weight is 233 g/mol. The molecule has 0 aliphatic carbocycles. The Morgan fingerprint density at radius 2 is 2.29 bits per heavy atom. The van der Waals surface area contributed by atoms with E-state index in [4.69, 9.17) is 4.74 Å². The molecule has 0 unspecified atom stereocenters. The van der Waals surface area contributed by atoms with E-state index in [9.17, 15) is 0 Å². The number of H-pyrrole nitrogens is 1. The molecule has 0 saturated heterocycles. The summed E-state index contributed by atoms with van der Waals surface area (Å²) in [5, 5.41) is 1.21. The van der Waals surface area contributed by atoms with Crippen molar-refractivity contribution in [1.29, 1.82) is 0 Å². The first-order chi connectivity index (χ1) is 8.24. The molecule has 0 spiro atoms. The van der Waals surface area contributed by atoms with Crippen molar-refractivity contribution in [3.8, 4) is 5.88 Å². The normalized spacial score (nSPS) is 11.3. The Kier molecular flexibility index (Phi) is 3.64. The predicted octanol–water partition coefficient (Wildman–Crippen LogP) is 2.07. The van der Waals surface area contributed by atoms with Crippen LogP contribution in [0, 0.1) is 0 Å². The van der Waals surface area contributed by atoms with Crippen LogP contribution in [0.25, 0.3) is 10.9 Å². The first-order valence-electron chi connectivity index (χ1n) is 5.93. The van der Waals surface area contributed by atoms with Gasteiger partial charge in [0.05, 0.1) is 18.8 Å². The Bertz CT molecular complexity index is 492. The zero-order valence-electron chi connectivity index (χ0n) is 10.7. The van der Waals surface area contributed by atoms with Gasteiger partial charge in [-0.15, -0.1) is 0 Å². The number of aromatic amines is 1. The molecule has 2 heterocycles. The van der Waals surface area contributed by atoms with E-state index < -0.39 is 0 Å².